The van der Waals surface area contributed by atoms with Crippen molar-refractivity contribution in [2.45, 2.75) is 32.2 Å². The molecule has 0 aromatic heterocycles. The summed E-state index contributed by atoms with van der Waals surface area (Å²) in [5.41, 5.74) is 2.50. The highest BCUT2D eigenvalue weighted by atomic mass is 16.5. The number of amides is 1. The lowest BCUT2D eigenvalue weighted by Crippen LogP contribution is -2.29. The average molecular weight is 472 g/mol. The van der Waals surface area contributed by atoms with E-state index in [0.29, 0.717) is 22.7 Å². The number of hydrogen-bond acceptors (Lipinski definition) is 5. The first kappa shape index (κ1) is 24.1. The Balaban J connectivity index is 1.95. The molecule has 0 bridgehead atoms. The highest BCUT2D eigenvalue weighted by Crippen LogP contribution is 2.45. The van der Waals surface area contributed by atoms with E-state index in [1.807, 2.05) is 54.6 Å². The maximum Gasteiger partial charge on any atom is 0.300 e. The van der Waals surface area contributed by atoms with Gasteiger partial charge in [0.1, 0.15) is 22.8 Å². The molecule has 1 fully saturated rings. The molecule has 0 radical (unpaired) electrons. The molecule has 180 valence electrons. The molecule has 1 aliphatic heterocycles. The molecular formula is C29H29NO5. The van der Waals surface area contributed by atoms with E-state index in [1.165, 1.54) is 19.1 Å². The van der Waals surface area contributed by atoms with Gasteiger partial charge >= 0.3 is 0 Å². The monoisotopic (exact) mass is 471 g/mol. The Bertz CT molecular complexity index is 1260. The van der Waals surface area contributed by atoms with E-state index in [4.69, 9.17) is 9.47 Å². The molecule has 0 aliphatic carbocycles. The van der Waals surface area contributed by atoms with Crippen LogP contribution in [0.2, 0.25) is 0 Å². The van der Waals surface area contributed by atoms with E-state index in [-0.39, 0.29) is 22.3 Å². The number of aliphatic hydroxyl groups excluding tert-OH is 1. The molecule has 6 heteroatoms. The molecule has 4 rings (SSSR count). The molecule has 1 heterocycles. The third-order valence-corrected chi connectivity index (χ3v) is 6.24. The van der Waals surface area contributed by atoms with Crippen molar-refractivity contribution in [1.29, 1.82) is 0 Å². The summed E-state index contributed by atoms with van der Waals surface area (Å²) in [6.07, 6.45) is 0. The fraction of sp³-hybridized carbons (Fsp3) is 0.241. The van der Waals surface area contributed by atoms with Crippen molar-refractivity contribution in [2.24, 2.45) is 0 Å². The number of carbonyl (C=O) groups is 2. The van der Waals surface area contributed by atoms with Gasteiger partial charge in [-0.3, -0.25) is 14.5 Å². The summed E-state index contributed by atoms with van der Waals surface area (Å²) in [6.45, 7) is 6.33. The second kappa shape index (κ2) is 9.29. The molecule has 6 nitrogen and oxygen atoms in total. The standard InChI is InChI=1S/C29H29NO5/c1-29(2,3)19-14-16-20(17-15-19)30-25(18-10-7-6-8-11-18)24(27(32)28(30)33)26(31)23-21(34-4)12-9-13-22(23)35-5/h6-17,25,31H,1-5H3/b26-24+. The van der Waals surface area contributed by atoms with Gasteiger partial charge in [-0.25, -0.2) is 0 Å². The Morgan fingerprint density at radius 2 is 1.40 bits per heavy atom. The largest absolute Gasteiger partial charge is 0.506 e. The molecular weight excluding hydrogens is 442 g/mol. The van der Waals surface area contributed by atoms with Gasteiger partial charge in [-0.15, -0.1) is 0 Å². The lowest BCUT2D eigenvalue weighted by atomic mass is 9.87. The number of methoxy groups -OCH3 is 2. The highest BCUT2D eigenvalue weighted by Gasteiger charge is 2.47. The second-order valence-corrected chi connectivity index (χ2v) is 9.41. The first-order valence-electron chi connectivity index (χ1n) is 11.4. The molecule has 1 atom stereocenters. The van der Waals surface area contributed by atoms with Crippen molar-refractivity contribution >= 4 is 23.1 Å². The number of ketones is 1. The lowest BCUT2D eigenvalue weighted by Gasteiger charge is -2.27. The zero-order valence-corrected chi connectivity index (χ0v) is 20.5. The topological polar surface area (TPSA) is 76.1 Å². The summed E-state index contributed by atoms with van der Waals surface area (Å²) >= 11 is 0. The van der Waals surface area contributed by atoms with Crippen LogP contribution in [0.15, 0.2) is 78.4 Å². The summed E-state index contributed by atoms with van der Waals surface area (Å²) < 4.78 is 10.9. The van der Waals surface area contributed by atoms with Crippen molar-refractivity contribution in [1.82, 2.24) is 0 Å². The van der Waals surface area contributed by atoms with Crippen LogP contribution in [0.25, 0.3) is 5.76 Å². The van der Waals surface area contributed by atoms with Gasteiger partial charge < -0.3 is 14.6 Å². The number of Topliss-reactive ketones (excluding diaryl/α,β-unsaturated/α-hetero) is 1. The Morgan fingerprint density at radius 3 is 1.91 bits per heavy atom. The minimum Gasteiger partial charge on any atom is -0.506 e. The minimum absolute atomic E-state index is 0.0242. The maximum atomic E-state index is 13.4. The highest BCUT2D eigenvalue weighted by molar-refractivity contribution is 6.51. The number of hydrogen-bond donors (Lipinski definition) is 1. The normalized spacial score (nSPS) is 17.5. The summed E-state index contributed by atoms with van der Waals surface area (Å²) in [7, 11) is 2.94. The molecule has 1 aliphatic rings. The van der Waals surface area contributed by atoms with Gasteiger partial charge in [0.15, 0.2) is 0 Å². The number of carbonyl (C=O) groups excluding carboxylic acids is 2. The Hall–Kier alpha value is -4.06. The predicted octanol–water partition coefficient (Wildman–Crippen LogP) is 5.63. The van der Waals surface area contributed by atoms with Crippen LogP contribution in [-0.4, -0.2) is 31.0 Å². The van der Waals surface area contributed by atoms with Crippen molar-refractivity contribution in [3.05, 3.63) is 95.1 Å². The van der Waals surface area contributed by atoms with E-state index in [9.17, 15) is 14.7 Å². The maximum absolute atomic E-state index is 13.4. The number of nitrogens with zero attached hydrogens (tertiary/aromatic N) is 1. The van der Waals surface area contributed by atoms with Crippen LogP contribution in [-0.2, 0) is 15.0 Å². The number of rotatable bonds is 5. The van der Waals surface area contributed by atoms with Gasteiger partial charge in [0.05, 0.1) is 25.8 Å². The van der Waals surface area contributed by atoms with E-state index in [1.54, 1.807) is 18.2 Å². The first-order chi connectivity index (χ1) is 16.7. The van der Waals surface area contributed by atoms with Crippen LogP contribution in [0.1, 0.15) is 43.5 Å². The molecule has 0 saturated carbocycles. The smallest absolute Gasteiger partial charge is 0.300 e. The number of benzene rings is 3. The molecule has 35 heavy (non-hydrogen) atoms. The van der Waals surface area contributed by atoms with Crippen LogP contribution in [0.3, 0.4) is 0 Å². The minimum atomic E-state index is -0.827. The molecule has 1 N–H and O–H groups in total. The van der Waals surface area contributed by atoms with Gasteiger partial charge in [-0.2, -0.15) is 0 Å². The van der Waals surface area contributed by atoms with Crippen molar-refractivity contribution in [3.63, 3.8) is 0 Å². The number of aliphatic hydroxyl groups is 1. The Kier molecular flexibility index (Phi) is 6.39. The van der Waals surface area contributed by atoms with Crippen molar-refractivity contribution in [3.8, 4) is 11.5 Å². The summed E-state index contributed by atoms with van der Waals surface area (Å²) in [6, 6.07) is 21.0. The van der Waals surface area contributed by atoms with Crippen LogP contribution < -0.4 is 14.4 Å². The fourth-order valence-corrected chi connectivity index (χ4v) is 4.39. The van der Waals surface area contributed by atoms with E-state index >= 15 is 0 Å². The van der Waals surface area contributed by atoms with Crippen molar-refractivity contribution in [2.75, 3.05) is 19.1 Å². The molecule has 1 unspecified atom stereocenters. The summed E-state index contributed by atoms with van der Waals surface area (Å²) in [5, 5.41) is 11.5. The van der Waals surface area contributed by atoms with E-state index < -0.39 is 17.7 Å². The Morgan fingerprint density at radius 1 is 0.829 bits per heavy atom. The lowest BCUT2D eigenvalue weighted by molar-refractivity contribution is -0.132. The third-order valence-electron chi connectivity index (χ3n) is 6.24. The zero-order chi connectivity index (χ0) is 25.3. The second-order valence-electron chi connectivity index (χ2n) is 9.41. The predicted molar refractivity (Wildman–Crippen MR) is 136 cm³/mol. The Labute approximate surface area is 205 Å². The van der Waals surface area contributed by atoms with Gasteiger partial charge in [0.2, 0.25) is 0 Å². The van der Waals surface area contributed by atoms with Crippen LogP contribution in [0, 0.1) is 0 Å². The van der Waals surface area contributed by atoms with Crippen LogP contribution >= 0.6 is 0 Å². The summed E-state index contributed by atoms with van der Waals surface area (Å²) in [5.74, 6) is -1.17. The number of ether oxygens (including phenoxy) is 2. The first-order valence-corrected chi connectivity index (χ1v) is 11.4. The van der Waals surface area contributed by atoms with E-state index in [0.717, 1.165) is 5.56 Å². The molecule has 1 amide bonds. The van der Waals surface area contributed by atoms with E-state index in [2.05, 4.69) is 20.8 Å². The van der Waals surface area contributed by atoms with Gasteiger partial charge in [0, 0.05) is 5.69 Å². The quantitative estimate of drug-likeness (QED) is 0.297. The molecule has 3 aromatic carbocycles. The van der Waals surface area contributed by atoms with Gasteiger partial charge in [-0.1, -0.05) is 69.3 Å². The average Bonchev–Trinajstić information content (AvgIpc) is 3.13. The van der Waals surface area contributed by atoms with Crippen LogP contribution in [0.4, 0.5) is 5.69 Å². The molecule has 1 saturated heterocycles. The number of anilines is 1. The fourth-order valence-electron chi connectivity index (χ4n) is 4.39. The van der Waals surface area contributed by atoms with Gasteiger partial charge in [-0.05, 0) is 40.8 Å². The SMILES string of the molecule is COc1cccc(OC)c1/C(O)=C1\C(=O)C(=O)N(c2ccc(C(C)(C)C)cc2)C1c1ccccc1. The third kappa shape index (κ3) is 4.28. The molecule has 3 aromatic rings. The zero-order valence-electron chi connectivity index (χ0n) is 20.5. The summed E-state index contributed by atoms with van der Waals surface area (Å²) in [4.78, 5) is 28.3. The van der Waals surface area contributed by atoms with Crippen LogP contribution in [0.5, 0.6) is 11.5 Å². The van der Waals surface area contributed by atoms with Gasteiger partial charge in [0.25, 0.3) is 11.7 Å². The molecule has 0 spiro atoms. The van der Waals surface area contributed by atoms with Crippen molar-refractivity contribution < 1.29 is 24.2 Å².